The monoisotopic (exact) mass is 287 g/mol. The molecule has 21 heavy (non-hydrogen) atoms. The zero-order valence-corrected chi connectivity index (χ0v) is 10.9. The van der Waals surface area contributed by atoms with Crippen LogP contribution in [0.3, 0.4) is 0 Å². The first-order chi connectivity index (χ1) is 9.99. The number of rotatable bonds is 5. The SMILES string of the molecule is NC(=O)C(NC(=O)c1cnn(-c2ccccc2)c1)C(N)=O. The lowest BCUT2D eigenvalue weighted by Crippen LogP contribution is -2.52. The molecule has 1 heterocycles. The van der Waals surface area contributed by atoms with Gasteiger partial charge in [-0.15, -0.1) is 0 Å². The van der Waals surface area contributed by atoms with E-state index < -0.39 is 23.8 Å². The van der Waals surface area contributed by atoms with E-state index in [1.54, 1.807) is 0 Å². The molecule has 2 rings (SSSR count). The van der Waals surface area contributed by atoms with E-state index in [4.69, 9.17) is 11.5 Å². The highest BCUT2D eigenvalue weighted by molar-refractivity contribution is 6.07. The third-order valence-corrected chi connectivity index (χ3v) is 2.71. The van der Waals surface area contributed by atoms with Crippen LogP contribution in [-0.2, 0) is 9.59 Å². The quantitative estimate of drug-likeness (QED) is 0.604. The zero-order valence-electron chi connectivity index (χ0n) is 10.9. The highest BCUT2D eigenvalue weighted by Crippen LogP contribution is 2.07. The Balaban J connectivity index is 2.16. The topological polar surface area (TPSA) is 133 Å². The molecule has 0 aliphatic rings. The summed E-state index contributed by atoms with van der Waals surface area (Å²) in [6.07, 6.45) is 2.77. The summed E-state index contributed by atoms with van der Waals surface area (Å²) in [6, 6.07) is 7.57. The smallest absolute Gasteiger partial charge is 0.255 e. The van der Waals surface area contributed by atoms with E-state index in [1.165, 1.54) is 17.1 Å². The second-order valence-corrected chi connectivity index (χ2v) is 4.22. The van der Waals surface area contributed by atoms with Crippen LogP contribution >= 0.6 is 0 Å². The standard InChI is InChI=1S/C13H13N5O3/c14-11(19)10(12(15)20)17-13(21)8-6-16-18(7-8)9-4-2-1-3-5-9/h1-7,10H,(H2,14,19)(H2,15,20)(H,17,21). The summed E-state index contributed by atoms with van der Waals surface area (Å²) in [5.41, 5.74) is 10.9. The van der Waals surface area contributed by atoms with Gasteiger partial charge in [-0.25, -0.2) is 4.68 Å². The molecule has 8 heteroatoms. The van der Waals surface area contributed by atoms with Gasteiger partial charge in [0.2, 0.25) is 11.8 Å². The Morgan fingerprint density at radius 1 is 1.10 bits per heavy atom. The fraction of sp³-hybridized carbons (Fsp3) is 0.0769. The molecular weight excluding hydrogens is 274 g/mol. The summed E-state index contributed by atoms with van der Waals surface area (Å²) in [5.74, 6) is -2.71. The molecular formula is C13H13N5O3. The van der Waals surface area contributed by atoms with Crippen molar-refractivity contribution in [2.45, 2.75) is 6.04 Å². The second kappa shape index (κ2) is 5.87. The molecule has 0 aliphatic heterocycles. The molecule has 108 valence electrons. The van der Waals surface area contributed by atoms with Gasteiger partial charge in [0, 0.05) is 6.20 Å². The number of aromatic nitrogens is 2. The maximum Gasteiger partial charge on any atom is 0.255 e. The van der Waals surface area contributed by atoms with Crippen LogP contribution in [0.4, 0.5) is 0 Å². The number of para-hydroxylation sites is 1. The lowest BCUT2D eigenvalue weighted by molar-refractivity contribution is -0.128. The van der Waals surface area contributed by atoms with Gasteiger partial charge >= 0.3 is 0 Å². The van der Waals surface area contributed by atoms with Crippen molar-refractivity contribution in [2.75, 3.05) is 0 Å². The molecule has 0 spiro atoms. The predicted molar refractivity (Wildman–Crippen MR) is 73.2 cm³/mol. The van der Waals surface area contributed by atoms with Crippen molar-refractivity contribution in [3.05, 3.63) is 48.3 Å². The number of carbonyl (C=O) groups is 3. The average Bonchev–Trinajstić information content (AvgIpc) is 2.94. The number of hydrogen-bond donors (Lipinski definition) is 3. The van der Waals surface area contributed by atoms with E-state index >= 15 is 0 Å². The molecule has 0 bridgehead atoms. The summed E-state index contributed by atoms with van der Waals surface area (Å²) in [6.45, 7) is 0. The summed E-state index contributed by atoms with van der Waals surface area (Å²) >= 11 is 0. The van der Waals surface area contributed by atoms with Gasteiger partial charge in [0.25, 0.3) is 5.91 Å². The van der Waals surface area contributed by atoms with E-state index in [-0.39, 0.29) is 5.56 Å². The van der Waals surface area contributed by atoms with Crippen molar-refractivity contribution in [2.24, 2.45) is 11.5 Å². The zero-order chi connectivity index (χ0) is 15.4. The molecule has 0 aliphatic carbocycles. The van der Waals surface area contributed by atoms with Crippen LogP contribution in [-0.4, -0.2) is 33.5 Å². The number of nitrogens with one attached hydrogen (secondary N) is 1. The summed E-state index contributed by atoms with van der Waals surface area (Å²) in [5, 5.41) is 6.18. The first-order valence-corrected chi connectivity index (χ1v) is 5.98. The van der Waals surface area contributed by atoms with Gasteiger partial charge < -0.3 is 16.8 Å². The molecule has 0 fully saturated rings. The highest BCUT2D eigenvalue weighted by Gasteiger charge is 2.24. The van der Waals surface area contributed by atoms with E-state index in [0.29, 0.717) is 0 Å². The molecule has 0 saturated carbocycles. The molecule has 1 aromatic heterocycles. The highest BCUT2D eigenvalue weighted by atomic mass is 16.2. The average molecular weight is 287 g/mol. The van der Waals surface area contributed by atoms with E-state index in [0.717, 1.165) is 5.69 Å². The van der Waals surface area contributed by atoms with Crippen molar-refractivity contribution in [1.82, 2.24) is 15.1 Å². The summed E-state index contributed by atoms with van der Waals surface area (Å²) < 4.78 is 1.48. The van der Waals surface area contributed by atoms with Gasteiger partial charge in [-0.2, -0.15) is 5.10 Å². The Labute approximate surface area is 119 Å². The second-order valence-electron chi connectivity index (χ2n) is 4.22. The van der Waals surface area contributed by atoms with E-state index in [9.17, 15) is 14.4 Å². The largest absolute Gasteiger partial charge is 0.367 e. The Kier molecular flexibility index (Phi) is 3.98. The molecule has 0 unspecified atom stereocenters. The van der Waals surface area contributed by atoms with Crippen molar-refractivity contribution in [3.8, 4) is 5.69 Å². The number of benzene rings is 1. The molecule has 5 N–H and O–H groups in total. The van der Waals surface area contributed by atoms with Gasteiger partial charge in [0.1, 0.15) is 0 Å². The Hall–Kier alpha value is -3.16. The third-order valence-electron chi connectivity index (χ3n) is 2.71. The van der Waals surface area contributed by atoms with Crippen LogP contribution in [0.1, 0.15) is 10.4 Å². The first kappa shape index (κ1) is 14.3. The number of carbonyl (C=O) groups excluding carboxylic acids is 3. The van der Waals surface area contributed by atoms with Gasteiger partial charge in [-0.1, -0.05) is 18.2 Å². The fourth-order valence-corrected chi connectivity index (χ4v) is 1.66. The number of nitrogens with two attached hydrogens (primary N) is 2. The van der Waals surface area contributed by atoms with Crippen LogP contribution in [0.5, 0.6) is 0 Å². The fourth-order valence-electron chi connectivity index (χ4n) is 1.66. The molecule has 8 nitrogen and oxygen atoms in total. The Morgan fingerprint density at radius 2 is 1.71 bits per heavy atom. The van der Waals surface area contributed by atoms with Crippen LogP contribution in [0.25, 0.3) is 5.69 Å². The molecule has 1 aromatic carbocycles. The molecule has 3 amide bonds. The van der Waals surface area contributed by atoms with Gasteiger partial charge in [0.15, 0.2) is 6.04 Å². The van der Waals surface area contributed by atoms with E-state index in [1.807, 2.05) is 30.3 Å². The predicted octanol–water partition coefficient (Wildman–Crippen LogP) is -1.06. The lowest BCUT2D eigenvalue weighted by atomic mass is 10.2. The summed E-state index contributed by atoms with van der Waals surface area (Å²) in [7, 11) is 0. The van der Waals surface area contributed by atoms with E-state index in [2.05, 4.69) is 10.4 Å². The number of primary amides is 2. The van der Waals surface area contributed by atoms with Crippen LogP contribution in [0.2, 0.25) is 0 Å². The normalized spacial score (nSPS) is 10.3. The lowest BCUT2D eigenvalue weighted by Gasteiger charge is -2.10. The first-order valence-electron chi connectivity index (χ1n) is 5.98. The van der Waals surface area contributed by atoms with Gasteiger partial charge in [-0.05, 0) is 12.1 Å². The minimum Gasteiger partial charge on any atom is -0.367 e. The number of amides is 3. The van der Waals surface area contributed by atoms with Crippen molar-refractivity contribution in [3.63, 3.8) is 0 Å². The Morgan fingerprint density at radius 3 is 2.29 bits per heavy atom. The molecule has 0 atom stereocenters. The molecule has 0 radical (unpaired) electrons. The van der Waals surface area contributed by atoms with Crippen LogP contribution in [0.15, 0.2) is 42.7 Å². The number of nitrogens with zero attached hydrogens (tertiary/aromatic N) is 2. The van der Waals surface area contributed by atoms with Crippen LogP contribution < -0.4 is 16.8 Å². The maximum atomic E-state index is 11.9. The van der Waals surface area contributed by atoms with Crippen LogP contribution in [0, 0.1) is 0 Å². The maximum absolute atomic E-state index is 11.9. The van der Waals surface area contributed by atoms with Crippen molar-refractivity contribution in [1.29, 1.82) is 0 Å². The molecule has 0 saturated heterocycles. The summed E-state index contributed by atoms with van der Waals surface area (Å²) in [4.78, 5) is 34.0. The Bertz CT molecular complexity index is 666. The van der Waals surface area contributed by atoms with Crippen molar-refractivity contribution < 1.29 is 14.4 Å². The number of hydrogen-bond acceptors (Lipinski definition) is 4. The minimum atomic E-state index is -1.56. The van der Waals surface area contributed by atoms with Gasteiger partial charge in [-0.3, -0.25) is 14.4 Å². The van der Waals surface area contributed by atoms with Crippen molar-refractivity contribution >= 4 is 17.7 Å². The van der Waals surface area contributed by atoms with Gasteiger partial charge in [0.05, 0.1) is 17.4 Å². The minimum absolute atomic E-state index is 0.173. The third kappa shape index (κ3) is 3.24. The molecule has 2 aromatic rings.